The van der Waals surface area contributed by atoms with Crippen LogP contribution >= 0.6 is 24.4 Å². The Morgan fingerprint density at radius 1 is 1.28 bits per heavy atom. The van der Waals surface area contributed by atoms with Crippen molar-refractivity contribution in [3.63, 3.8) is 0 Å². The van der Waals surface area contributed by atoms with Crippen molar-refractivity contribution in [2.45, 2.75) is 25.6 Å². The molecule has 0 N–H and O–H groups in total. The van der Waals surface area contributed by atoms with E-state index in [1.54, 1.807) is 29.2 Å². The van der Waals surface area contributed by atoms with Crippen molar-refractivity contribution in [3.8, 4) is 0 Å². The average Bonchev–Trinajstić information content (AvgIpc) is 2.96. The fourth-order valence-corrected chi connectivity index (χ4v) is 4.60. The van der Waals surface area contributed by atoms with Gasteiger partial charge >= 0.3 is 0 Å². The topological polar surface area (TPSA) is 37.4 Å². The summed E-state index contributed by atoms with van der Waals surface area (Å²) in [5, 5.41) is -0.474. The Bertz CT molecular complexity index is 836. The molecule has 1 fully saturated rings. The number of thiol groups is 1. The zero-order chi connectivity index (χ0) is 18.1. The molecule has 0 saturated carbocycles. The number of carbonyl (C=O) groups is 2. The van der Waals surface area contributed by atoms with Gasteiger partial charge in [0, 0.05) is 11.3 Å². The molecule has 25 heavy (non-hydrogen) atoms. The van der Waals surface area contributed by atoms with E-state index in [1.807, 2.05) is 13.8 Å². The summed E-state index contributed by atoms with van der Waals surface area (Å²) in [5.41, 5.74) is 4.05. The van der Waals surface area contributed by atoms with Gasteiger partial charge in [0.2, 0.25) is 11.0 Å². The van der Waals surface area contributed by atoms with Crippen molar-refractivity contribution >= 4 is 41.1 Å². The Kier molecular flexibility index (Phi) is 5.20. The molecule has 3 nitrogen and oxygen atoms in total. The van der Waals surface area contributed by atoms with Gasteiger partial charge in [-0.25, -0.2) is 4.39 Å². The van der Waals surface area contributed by atoms with Gasteiger partial charge in [-0.2, -0.15) is 0 Å². The Morgan fingerprint density at radius 2 is 1.96 bits per heavy atom. The smallest absolute Gasteiger partial charge is 0.238 e. The molecule has 1 aliphatic heterocycles. The highest BCUT2D eigenvalue weighted by Crippen LogP contribution is 2.43. The third-order valence-electron chi connectivity index (χ3n) is 4.44. The molecule has 130 valence electrons. The van der Waals surface area contributed by atoms with E-state index in [2.05, 4.69) is 12.6 Å². The van der Waals surface area contributed by atoms with Gasteiger partial charge in [-0.05, 0) is 54.3 Å². The van der Waals surface area contributed by atoms with Gasteiger partial charge in [0.1, 0.15) is 11.2 Å². The highest BCUT2D eigenvalue weighted by Gasteiger charge is 2.35. The molecule has 1 unspecified atom stereocenters. The molecule has 0 aliphatic carbocycles. The number of benzene rings is 2. The summed E-state index contributed by atoms with van der Waals surface area (Å²) in [6.07, 6.45) is 0.678. The van der Waals surface area contributed by atoms with Crippen LogP contribution in [0, 0.1) is 12.7 Å². The second-order valence-corrected chi connectivity index (χ2v) is 7.35. The summed E-state index contributed by atoms with van der Waals surface area (Å²) in [7, 11) is 0. The lowest BCUT2D eigenvalue weighted by atomic mass is 9.97. The third-order valence-corrected chi connectivity index (χ3v) is 5.89. The van der Waals surface area contributed by atoms with Crippen LogP contribution in [-0.2, 0) is 11.2 Å². The monoisotopic (exact) mass is 375 g/mol. The molecular formula is C19H18FNO2S2. The van der Waals surface area contributed by atoms with Crippen LogP contribution < -0.4 is 4.90 Å². The van der Waals surface area contributed by atoms with Crippen LogP contribution in [0.15, 0.2) is 36.4 Å². The molecule has 1 aliphatic rings. The normalized spacial score (nSPS) is 17.2. The number of hydrogen-bond acceptors (Lipinski definition) is 3. The Balaban J connectivity index is 2.08. The molecule has 3 rings (SSSR count). The van der Waals surface area contributed by atoms with Crippen LogP contribution in [0.4, 0.5) is 10.1 Å². The number of anilines is 1. The Labute approximate surface area is 156 Å². The van der Waals surface area contributed by atoms with Gasteiger partial charge in [-0.3, -0.25) is 14.5 Å². The summed E-state index contributed by atoms with van der Waals surface area (Å²) in [6, 6.07) is 9.76. The maximum atomic E-state index is 13.2. The highest BCUT2D eigenvalue weighted by molar-refractivity contribution is 8.00. The van der Waals surface area contributed by atoms with E-state index in [0.717, 1.165) is 22.4 Å². The van der Waals surface area contributed by atoms with E-state index in [0.29, 0.717) is 17.7 Å². The minimum absolute atomic E-state index is 0.00873. The second-order valence-electron chi connectivity index (χ2n) is 5.87. The molecule has 0 radical (unpaired) electrons. The molecule has 1 amide bonds. The van der Waals surface area contributed by atoms with Crippen LogP contribution in [0.5, 0.6) is 0 Å². The Morgan fingerprint density at radius 3 is 2.56 bits per heavy atom. The van der Waals surface area contributed by atoms with E-state index < -0.39 is 0 Å². The number of hydrogen-bond donors (Lipinski definition) is 1. The molecule has 6 heteroatoms. The minimum Gasteiger partial charge on any atom is -0.295 e. The summed E-state index contributed by atoms with van der Waals surface area (Å²) in [4.78, 5) is 26.0. The second kappa shape index (κ2) is 7.22. The molecule has 2 aromatic carbocycles. The fourth-order valence-electron chi connectivity index (χ4n) is 3.22. The lowest BCUT2D eigenvalue weighted by Gasteiger charge is -2.27. The van der Waals surface area contributed by atoms with Crippen molar-refractivity contribution in [2.75, 3.05) is 10.7 Å². The summed E-state index contributed by atoms with van der Waals surface area (Å²) in [6.45, 7) is 3.90. The average molecular weight is 375 g/mol. The minimum atomic E-state index is -0.300. The number of amides is 1. The molecule has 0 spiro atoms. The molecule has 1 atom stereocenters. The third kappa shape index (κ3) is 3.33. The SMILES string of the molecule is CCc1c(C(=O)S)ccc(N2C(=O)CSC2c2ccc(F)cc2)c1C. The Hall–Kier alpha value is -1.79. The van der Waals surface area contributed by atoms with Crippen molar-refractivity contribution in [1.82, 2.24) is 0 Å². The largest absolute Gasteiger partial charge is 0.295 e. The van der Waals surface area contributed by atoms with Crippen LogP contribution in [0.1, 0.15) is 39.3 Å². The van der Waals surface area contributed by atoms with Gasteiger partial charge in [0.15, 0.2) is 0 Å². The van der Waals surface area contributed by atoms with Gasteiger partial charge in [-0.1, -0.05) is 19.1 Å². The first kappa shape index (κ1) is 18.0. The number of carbonyl (C=O) groups excluding carboxylic acids is 2. The van der Waals surface area contributed by atoms with Gasteiger partial charge in [-0.15, -0.1) is 24.4 Å². The summed E-state index contributed by atoms with van der Waals surface area (Å²) >= 11 is 5.46. The highest BCUT2D eigenvalue weighted by atomic mass is 32.2. The molecule has 1 saturated heterocycles. The lowest BCUT2D eigenvalue weighted by molar-refractivity contribution is -0.115. The quantitative estimate of drug-likeness (QED) is 0.797. The zero-order valence-corrected chi connectivity index (χ0v) is 15.7. The predicted molar refractivity (Wildman–Crippen MR) is 103 cm³/mol. The number of nitrogens with zero attached hydrogens (tertiary/aromatic N) is 1. The van der Waals surface area contributed by atoms with Crippen molar-refractivity contribution in [3.05, 3.63) is 64.5 Å². The standard InChI is InChI=1S/C19H18FNO2S2/c1-3-14-11(2)16(9-8-15(14)19(23)24)21-17(22)10-25-18(21)12-4-6-13(20)7-5-12/h4-9,18H,3,10H2,1-2H3,(H,23,24). The van der Waals surface area contributed by atoms with Gasteiger partial charge in [0.25, 0.3) is 0 Å². The number of rotatable bonds is 4. The predicted octanol–water partition coefficient (Wildman–Crippen LogP) is 4.55. The molecule has 1 heterocycles. The molecule has 0 aromatic heterocycles. The zero-order valence-electron chi connectivity index (χ0n) is 14.0. The van der Waals surface area contributed by atoms with Crippen LogP contribution in [0.25, 0.3) is 0 Å². The van der Waals surface area contributed by atoms with Gasteiger partial charge in [0.05, 0.1) is 5.75 Å². The number of thioether (sulfide) groups is 1. The fraction of sp³-hybridized carbons (Fsp3) is 0.263. The van der Waals surface area contributed by atoms with Gasteiger partial charge < -0.3 is 0 Å². The van der Waals surface area contributed by atoms with Crippen LogP contribution in [-0.4, -0.2) is 16.8 Å². The van der Waals surface area contributed by atoms with E-state index in [9.17, 15) is 14.0 Å². The molecular weight excluding hydrogens is 357 g/mol. The lowest BCUT2D eigenvalue weighted by Crippen LogP contribution is -2.29. The van der Waals surface area contributed by atoms with Crippen LogP contribution in [0.3, 0.4) is 0 Å². The molecule has 2 aromatic rings. The molecule has 0 bridgehead atoms. The van der Waals surface area contributed by atoms with Crippen LogP contribution in [0.2, 0.25) is 0 Å². The summed E-state index contributed by atoms with van der Waals surface area (Å²) in [5.74, 6) is 0.0797. The first-order valence-corrected chi connectivity index (χ1v) is 9.48. The first-order valence-electron chi connectivity index (χ1n) is 7.99. The maximum absolute atomic E-state index is 13.2. The number of halogens is 1. The van der Waals surface area contributed by atoms with Crippen molar-refractivity contribution < 1.29 is 14.0 Å². The van der Waals surface area contributed by atoms with E-state index >= 15 is 0 Å². The first-order chi connectivity index (χ1) is 11.9. The van der Waals surface area contributed by atoms with E-state index in [1.165, 1.54) is 23.9 Å². The van der Waals surface area contributed by atoms with Crippen molar-refractivity contribution in [2.24, 2.45) is 0 Å². The van der Waals surface area contributed by atoms with Crippen molar-refractivity contribution in [1.29, 1.82) is 0 Å². The van der Waals surface area contributed by atoms with E-state index in [4.69, 9.17) is 0 Å². The summed E-state index contributed by atoms with van der Waals surface area (Å²) < 4.78 is 13.2. The maximum Gasteiger partial charge on any atom is 0.238 e. The van der Waals surface area contributed by atoms with E-state index in [-0.39, 0.29) is 22.2 Å².